The fraction of sp³-hybridized carbons (Fsp3) is 0.312. The Morgan fingerprint density at radius 2 is 2.09 bits per heavy atom. The summed E-state index contributed by atoms with van der Waals surface area (Å²) in [7, 11) is 0. The number of nitrogens with one attached hydrogen (secondary N) is 1. The zero-order chi connectivity index (χ0) is 16.4. The first-order valence-corrected chi connectivity index (χ1v) is 9.05. The van der Waals surface area contributed by atoms with E-state index in [1.165, 1.54) is 11.3 Å². The number of thiazole rings is 1. The molecule has 0 bridgehead atoms. The molecule has 0 saturated carbocycles. The quantitative estimate of drug-likeness (QED) is 0.814. The summed E-state index contributed by atoms with van der Waals surface area (Å²) in [6.07, 6.45) is 0.712. The molecule has 0 fully saturated rings. The SMILES string of the molecule is CC(Br)C(=O)Nc1nc2c(s1)CN(C(=O)c1ccccc1)CC2. The summed E-state index contributed by atoms with van der Waals surface area (Å²) >= 11 is 4.68. The first-order valence-electron chi connectivity index (χ1n) is 7.32. The molecule has 2 heterocycles. The van der Waals surface area contributed by atoms with Crippen molar-refractivity contribution >= 4 is 44.2 Å². The van der Waals surface area contributed by atoms with Crippen molar-refractivity contribution in [3.8, 4) is 0 Å². The number of amides is 2. The molecule has 1 unspecified atom stereocenters. The number of aromatic nitrogens is 1. The maximum absolute atomic E-state index is 12.5. The molecule has 120 valence electrons. The molecule has 0 saturated heterocycles. The maximum Gasteiger partial charge on any atom is 0.254 e. The molecule has 3 rings (SSSR count). The Labute approximate surface area is 146 Å². The average molecular weight is 394 g/mol. The van der Waals surface area contributed by atoms with Gasteiger partial charge in [-0.05, 0) is 19.1 Å². The molecule has 1 aliphatic rings. The molecular weight excluding hydrogens is 378 g/mol. The molecule has 2 amide bonds. The summed E-state index contributed by atoms with van der Waals surface area (Å²) in [6.45, 7) is 2.95. The molecule has 0 spiro atoms. The summed E-state index contributed by atoms with van der Waals surface area (Å²) in [5.74, 6) is -0.0855. The van der Waals surface area contributed by atoms with Gasteiger partial charge in [0.2, 0.25) is 5.91 Å². The minimum absolute atomic E-state index is 0.0318. The zero-order valence-electron chi connectivity index (χ0n) is 12.6. The summed E-state index contributed by atoms with van der Waals surface area (Å²) in [5.41, 5.74) is 1.67. The third-order valence-electron chi connectivity index (χ3n) is 3.63. The van der Waals surface area contributed by atoms with Crippen LogP contribution in [0.2, 0.25) is 0 Å². The second-order valence-electron chi connectivity index (χ2n) is 5.34. The minimum atomic E-state index is -0.264. The van der Waals surface area contributed by atoms with Crippen molar-refractivity contribution in [3.63, 3.8) is 0 Å². The van der Waals surface area contributed by atoms with Crippen LogP contribution in [0.25, 0.3) is 0 Å². The van der Waals surface area contributed by atoms with Crippen molar-refractivity contribution < 1.29 is 9.59 Å². The Hall–Kier alpha value is -1.73. The van der Waals surface area contributed by atoms with Crippen LogP contribution in [0.1, 0.15) is 27.9 Å². The van der Waals surface area contributed by atoms with E-state index < -0.39 is 0 Å². The van der Waals surface area contributed by atoms with Gasteiger partial charge in [-0.3, -0.25) is 9.59 Å². The van der Waals surface area contributed by atoms with Crippen LogP contribution in [0, 0.1) is 0 Å². The predicted molar refractivity (Wildman–Crippen MR) is 94.0 cm³/mol. The predicted octanol–water partition coefficient (Wildman–Crippen LogP) is 3.06. The monoisotopic (exact) mass is 393 g/mol. The molecule has 1 aromatic heterocycles. The fourth-order valence-corrected chi connectivity index (χ4v) is 3.53. The summed E-state index contributed by atoms with van der Waals surface area (Å²) in [6, 6.07) is 9.28. The normalized spacial score (nSPS) is 15.0. The molecule has 1 aromatic carbocycles. The van der Waals surface area contributed by atoms with E-state index in [1.807, 2.05) is 35.2 Å². The molecule has 5 nitrogen and oxygen atoms in total. The van der Waals surface area contributed by atoms with Crippen LogP contribution < -0.4 is 5.32 Å². The summed E-state index contributed by atoms with van der Waals surface area (Å²) in [4.78, 5) is 31.3. The molecule has 23 heavy (non-hydrogen) atoms. The number of hydrogen-bond donors (Lipinski definition) is 1. The first-order chi connectivity index (χ1) is 11.0. The Morgan fingerprint density at radius 3 is 2.78 bits per heavy atom. The third kappa shape index (κ3) is 3.61. The minimum Gasteiger partial charge on any atom is -0.333 e. The second kappa shape index (κ2) is 6.80. The lowest BCUT2D eigenvalue weighted by Crippen LogP contribution is -2.35. The lowest BCUT2D eigenvalue weighted by atomic mass is 10.1. The van der Waals surface area contributed by atoms with Crippen molar-refractivity contribution in [2.75, 3.05) is 11.9 Å². The van der Waals surface area contributed by atoms with Gasteiger partial charge in [0.1, 0.15) is 0 Å². The van der Waals surface area contributed by atoms with E-state index in [0.717, 1.165) is 10.6 Å². The van der Waals surface area contributed by atoms with Gasteiger partial charge in [0.15, 0.2) is 5.13 Å². The third-order valence-corrected chi connectivity index (χ3v) is 5.04. The highest BCUT2D eigenvalue weighted by atomic mass is 79.9. The van der Waals surface area contributed by atoms with E-state index in [2.05, 4.69) is 26.2 Å². The van der Waals surface area contributed by atoms with Crippen LogP contribution in [0.15, 0.2) is 30.3 Å². The highest BCUT2D eigenvalue weighted by Gasteiger charge is 2.25. The largest absolute Gasteiger partial charge is 0.333 e. The first kappa shape index (κ1) is 16.1. The van der Waals surface area contributed by atoms with Crippen molar-refractivity contribution in [1.82, 2.24) is 9.88 Å². The van der Waals surface area contributed by atoms with Gasteiger partial charge in [-0.1, -0.05) is 45.5 Å². The second-order valence-corrected chi connectivity index (χ2v) is 7.79. The van der Waals surface area contributed by atoms with E-state index in [9.17, 15) is 9.59 Å². The zero-order valence-corrected chi connectivity index (χ0v) is 15.0. The number of rotatable bonds is 3. The Bertz CT molecular complexity index is 730. The van der Waals surface area contributed by atoms with Crippen LogP contribution in [0.5, 0.6) is 0 Å². The molecule has 2 aromatic rings. The van der Waals surface area contributed by atoms with E-state index >= 15 is 0 Å². The van der Waals surface area contributed by atoms with Gasteiger partial charge < -0.3 is 10.2 Å². The molecular formula is C16H16BrN3O2S. The number of fused-ring (bicyclic) bond motifs is 1. The smallest absolute Gasteiger partial charge is 0.254 e. The van der Waals surface area contributed by atoms with Gasteiger partial charge in [0.05, 0.1) is 17.1 Å². The highest BCUT2D eigenvalue weighted by Crippen LogP contribution is 2.29. The number of carbonyl (C=O) groups is 2. The topological polar surface area (TPSA) is 62.3 Å². The molecule has 0 aliphatic carbocycles. The average Bonchev–Trinajstić information content (AvgIpc) is 2.96. The standard InChI is InChI=1S/C16H16BrN3O2S/c1-10(17)14(21)19-16-18-12-7-8-20(9-13(12)23-16)15(22)11-5-3-2-4-6-11/h2-6,10H,7-9H2,1H3,(H,18,19,21). The lowest BCUT2D eigenvalue weighted by Gasteiger charge is -2.26. The van der Waals surface area contributed by atoms with Gasteiger partial charge in [-0.2, -0.15) is 0 Å². The van der Waals surface area contributed by atoms with Gasteiger partial charge in [-0.15, -0.1) is 0 Å². The number of nitrogens with zero attached hydrogens (tertiary/aromatic N) is 2. The van der Waals surface area contributed by atoms with Crippen molar-refractivity contribution in [3.05, 3.63) is 46.5 Å². The molecule has 0 radical (unpaired) electrons. The number of hydrogen-bond acceptors (Lipinski definition) is 4. The van der Waals surface area contributed by atoms with Crippen LogP contribution >= 0.6 is 27.3 Å². The van der Waals surface area contributed by atoms with Crippen LogP contribution in [-0.4, -0.2) is 33.1 Å². The molecule has 1 atom stereocenters. The number of carbonyl (C=O) groups excluding carboxylic acids is 2. The van der Waals surface area contributed by atoms with Gasteiger partial charge in [-0.25, -0.2) is 4.98 Å². The summed E-state index contributed by atoms with van der Waals surface area (Å²) < 4.78 is 0. The van der Waals surface area contributed by atoms with E-state index in [-0.39, 0.29) is 16.6 Å². The van der Waals surface area contributed by atoms with Crippen molar-refractivity contribution in [2.24, 2.45) is 0 Å². The van der Waals surface area contributed by atoms with Crippen molar-refractivity contribution in [2.45, 2.75) is 24.7 Å². The number of benzene rings is 1. The van der Waals surface area contributed by atoms with Crippen LogP contribution in [0.3, 0.4) is 0 Å². The van der Waals surface area contributed by atoms with Crippen LogP contribution in [-0.2, 0) is 17.8 Å². The van der Waals surface area contributed by atoms with E-state index in [0.29, 0.717) is 30.2 Å². The number of anilines is 1. The number of alkyl halides is 1. The maximum atomic E-state index is 12.5. The molecule has 1 aliphatic heterocycles. The van der Waals surface area contributed by atoms with E-state index in [4.69, 9.17) is 0 Å². The lowest BCUT2D eigenvalue weighted by molar-refractivity contribution is -0.115. The Balaban J connectivity index is 1.72. The molecule has 1 N–H and O–H groups in total. The highest BCUT2D eigenvalue weighted by molar-refractivity contribution is 9.10. The van der Waals surface area contributed by atoms with Gasteiger partial charge >= 0.3 is 0 Å². The van der Waals surface area contributed by atoms with Crippen LogP contribution in [0.4, 0.5) is 5.13 Å². The van der Waals surface area contributed by atoms with Gasteiger partial charge in [0.25, 0.3) is 5.91 Å². The van der Waals surface area contributed by atoms with E-state index in [1.54, 1.807) is 6.92 Å². The van der Waals surface area contributed by atoms with Crippen molar-refractivity contribution in [1.29, 1.82) is 0 Å². The number of halogens is 1. The van der Waals surface area contributed by atoms with Gasteiger partial charge in [0, 0.05) is 23.4 Å². The fourth-order valence-electron chi connectivity index (χ4n) is 2.39. The molecule has 7 heteroatoms. The Morgan fingerprint density at radius 1 is 1.35 bits per heavy atom. The Kier molecular flexibility index (Phi) is 4.77. The summed E-state index contributed by atoms with van der Waals surface area (Å²) in [5, 5.41) is 3.39.